The molecule has 3 aromatic carbocycles. The third kappa shape index (κ3) is 4.95. The van der Waals surface area contributed by atoms with E-state index in [-0.39, 0.29) is 5.91 Å². The summed E-state index contributed by atoms with van der Waals surface area (Å²) in [5.41, 5.74) is 8.88. The largest absolute Gasteiger partial charge is 0.489 e. The van der Waals surface area contributed by atoms with Gasteiger partial charge < -0.3 is 15.8 Å². The predicted molar refractivity (Wildman–Crippen MR) is 105 cm³/mol. The van der Waals surface area contributed by atoms with Crippen molar-refractivity contribution < 1.29 is 14.3 Å². The molecular weight excluding hydrogens is 340 g/mol. The van der Waals surface area contributed by atoms with Gasteiger partial charge in [0.05, 0.1) is 0 Å². The van der Waals surface area contributed by atoms with E-state index >= 15 is 0 Å². The SMILES string of the molecule is Cc1ccc(OCc2ccc(C(=O)Nc3ccc(C(N)=O)cc3)cc2)cc1. The Labute approximate surface area is 157 Å². The Bertz CT molecular complexity index is 931. The van der Waals surface area contributed by atoms with Crippen LogP contribution in [0.15, 0.2) is 72.8 Å². The first-order valence-corrected chi connectivity index (χ1v) is 8.51. The summed E-state index contributed by atoms with van der Waals surface area (Å²) < 4.78 is 5.74. The second kappa shape index (κ2) is 8.19. The van der Waals surface area contributed by atoms with Crippen molar-refractivity contribution in [2.75, 3.05) is 5.32 Å². The molecule has 0 bridgehead atoms. The van der Waals surface area contributed by atoms with Gasteiger partial charge >= 0.3 is 0 Å². The molecule has 0 aromatic heterocycles. The van der Waals surface area contributed by atoms with E-state index < -0.39 is 5.91 Å². The van der Waals surface area contributed by atoms with Gasteiger partial charge in [-0.15, -0.1) is 0 Å². The highest BCUT2D eigenvalue weighted by atomic mass is 16.5. The van der Waals surface area contributed by atoms with Crippen LogP contribution in [-0.4, -0.2) is 11.8 Å². The standard InChI is InChI=1S/C22H20N2O3/c1-15-2-12-20(13-3-15)27-14-16-4-6-18(7-5-16)22(26)24-19-10-8-17(9-11-19)21(23)25/h2-13H,14H2,1H3,(H2,23,25)(H,24,26). The Hall–Kier alpha value is -3.60. The smallest absolute Gasteiger partial charge is 0.255 e. The van der Waals surface area contributed by atoms with Gasteiger partial charge in [-0.2, -0.15) is 0 Å². The lowest BCUT2D eigenvalue weighted by molar-refractivity contribution is 0.0998. The monoisotopic (exact) mass is 360 g/mol. The van der Waals surface area contributed by atoms with Gasteiger partial charge in [0.25, 0.3) is 5.91 Å². The van der Waals surface area contributed by atoms with Gasteiger partial charge in [0.15, 0.2) is 0 Å². The molecule has 5 nitrogen and oxygen atoms in total. The second-order valence-electron chi connectivity index (χ2n) is 6.19. The van der Waals surface area contributed by atoms with E-state index in [4.69, 9.17) is 10.5 Å². The van der Waals surface area contributed by atoms with Crippen LogP contribution < -0.4 is 15.8 Å². The van der Waals surface area contributed by atoms with E-state index in [1.54, 1.807) is 36.4 Å². The number of carbonyl (C=O) groups is 2. The van der Waals surface area contributed by atoms with Crippen molar-refractivity contribution in [2.24, 2.45) is 5.73 Å². The Morgan fingerprint density at radius 1 is 0.852 bits per heavy atom. The van der Waals surface area contributed by atoms with E-state index in [0.29, 0.717) is 23.4 Å². The summed E-state index contributed by atoms with van der Waals surface area (Å²) in [6.45, 7) is 2.46. The van der Waals surface area contributed by atoms with Gasteiger partial charge in [-0.3, -0.25) is 9.59 Å². The van der Waals surface area contributed by atoms with Crippen molar-refractivity contribution >= 4 is 17.5 Å². The molecule has 0 aliphatic heterocycles. The molecule has 0 radical (unpaired) electrons. The van der Waals surface area contributed by atoms with Gasteiger partial charge in [0.2, 0.25) is 5.91 Å². The number of aryl methyl sites for hydroxylation is 1. The maximum Gasteiger partial charge on any atom is 0.255 e. The molecule has 27 heavy (non-hydrogen) atoms. The third-order valence-electron chi connectivity index (χ3n) is 4.07. The average molecular weight is 360 g/mol. The van der Waals surface area contributed by atoms with Crippen molar-refractivity contribution in [3.63, 3.8) is 0 Å². The first kappa shape index (κ1) is 18.2. The number of ether oxygens (including phenoxy) is 1. The number of nitrogens with one attached hydrogen (secondary N) is 1. The third-order valence-corrected chi connectivity index (χ3v) is 4.07. The molecule has 3 aromatic rings. The van der Waals surface area contributed by atoms with Crippen LogP contribution in [0, 0.1) is 6.92 Å². The molecule has 0 saturated carbocycles. The van der Waals surface area contributed by atoms with E-state index in [9.17, 15) is 9.59 Å². The Kier molecular flexibility index (Phi) is 5.52. The molecular formula is C22H20N2O3. The zero-order chi connectivity index (χ0) is 19.2. The van der Waals surface area contributed by atoms with Crippen LogP contribution in [0.3, 0.4) is 0 Å². The molecule has 0 fully saturated rings. The minimum absolute atomic E-state index is 0.229. The number of primary amides is 1. The molecule has 0 spiro atoms. The Morgan fingerprint density at radius 2 is 1.44 bits per heavy atom. The van der Waals surface area contributed by atoms with Crippen LogP contribution in [-0.2, 0) is 6.61 Å². The van der Waals surface area contributed by atoms with Crippen LogP contribution in [0.5, 0.6) is 5.75 Å². The molecule has 2 amide bonds. The molecule has 0 aliphatic rings. The molecule has 3 N–H and O–H groups in total. The zero-order valence-corrected chi connectivity index (χ0v) is 14.9. The van der Waals surface area contributed by atoms with Gasteiger partial charge in [-0.05, 0) is 61.0 Å². The summed E-state index contributed by atoms with van der Waals surface area (Å²) in [4.78, 5) is 23.4. The highest BCUT2D eigenvalue weighted by molar-refractivity contribution is 6.04. The van der Waals surface area contributed by atoms with E-state index in [1.165, 1.54) is 5.56 Å². The summed E-state index contributed by atoms with van der Waals surface area (Å²) in [5.74, 6) is 0.0750. The minimum atomic E-state index is -0.503. The molecule has 136 valence electrons. The van der Waals surface area contributed by atoms with Crippen molar-refractivity contribution in [1.82, 2.24) is 0 Å². The van der Waals surface area contributed by atoms with E-state index in [0.717, 1.165) is 11.3 Å². The van der Waals surface area contributed by atoms with E-state index in [2.05, 4.69) is 5.32 Å². The number of anilines is 1. The lowest BCUT2D eigenvalue weighted by Gasteiger charge is -2.08. The van der Waals surface area contributed by atoms with Gasteiger partial charge in [-0.1, -0.05) is 29.8 Å². The van der Waals surface area contributed by atoms with Gasteiger partial charge in [0.1, 0.15) is 12.4 Å². The van der Waals surface area contributed by atoms with Crippen LogP contribution in [0.25, 0.3) is 0 Å². The molecule has 0 aliphatic carbocycles. The highest BCUT2D eigenvalue weighted by Crippen LogP contribution is 2.15. The first-order chi connectivity index (χ1) is 13.0. The molecule has 0 saturated heterocycles. The average Bonchev–Trinajstić information content (AvgIpc) is 2.68. The fourth-order valence-electron chi connectivity index (χ4n) is 2.47. The lowest BCUT2D eigenvalue weighted by Crippen LogP contribution is -2.13. The van der Waals surface area contributed by atoms with Crippen LogP contribution >= 0.6 is 0 Å². The molecule has 0 unspecified atom stereocenters. The second-order valence-corrected chi connectivity index (χ2v) is 6.19. The quantitative estimate of drug-likeness (QED) is 0.699. The molecule has 0 heterocycles. The summed E-state index contributed by atoms with van der Waals surface area (Å²) in [6, 6.07) is 21.5. The highest BCUT2D eigenvalue weighted by Gasteiger charge is 2.07. The fourth-order valence-corrected chi connectivity index (χ4v) is 2.47. The topological polar surface area (TPSA) is 81.4 Å². The summed E-state index contributed by atoms with van der Waals surface area (Å²) in [6.07, 6.45) is 0. The van der Waals surface area contributed by atoms with Crippen LogP contribution in [0.1, 0.15) is 31.8 Å². The van der Waals surface area contributed by atoms with Crippen molar-refractivity contribution in [2.45, 2.75) is 13.5 Å². The van der Waals surface area contributed by atoms with Crippen molar-refractivity contribution in [1.29, 1.82) is 0 Å². The zero-order valence-electron chi connectivity index (χ0n) is 14.9. The number of benzene rings is 3. The molecule has 0 atom stereocenters. The van der Waals surface area contributed by atoms with Crippen LogP contribution in [0.4, 0.5) is 5.69 Å². The van der Waals surface area contributed by atoms with Crippen molar-refractivity contribution in [3.8, 4) is 5.75 Å². The molecule has 3 rings (SSSR count). The number of nitrogens with two attached hydrogens (primary N) is 1. The lowest BCUT2D eigenvalue weighted by atomic mass is 10.1. The normalized spacial score (nSPS) is 10.3. The minimum Gasteiger partial charge on any atom is -0.489 e. The maximum atomic E-state index is 12.3. The Morgan fingerprint density at radius 3 is 2.04 bits per heavy atom. The molecule has 5 heteroatoms. The number of amides is 2. The van der Waals surface area contributed by atoms with E-state index in [1.807, 2.05) is 43.3 Å². The summed E-state index contributed by atoms with van der Waals surface area (Å²) in [7, 11) is 0. The Balaban J connectivity index is 1.58. The number of rotatable bonds is 6. The van der Waals surface area contributed by atoms with Crippen LogP contribution in [0.2, 0.25) is 0 Å². The summed E-state index contributed by atoms with van der Waals surface area (Å²) >= 11 is 0. The number of hydrogen-bond donors (Lipinski definition) is 2. The predicted octanol–water partition coefficient (Wildman–Crippen LogP) is 3.93. The fraction of sp³-hybridized carbons (Fsp3) is 0.0909. The maximum absolute atomic E-state index is 12.3. The van der Waals surface area contributed by atoms with Gasteiger partial charge in [0, 0.05) is 16.8 Å². The number of hydrogen-bond acceptors (Lipinski definition) is 3. The number of carbonyl (C=O) groups excluding carboxylic acids is 2. The summed E-state index contributed by atoms with van der Waals surface area (Å²) in [5, 5.41) is 2.78. The first-order valence-electron chi connectivity index (χ1n) is 8.51. The van der Waals surface area contributed by atoms with Gasteiger partial charge in [-0.25, -0.2) is 0 Å². The van der Waals surface area contributed by atoms with Crippen molar-refractivity contribution in [3.05, 3.63) is 95.1 Å².